The highest BCUT2D eigenvalue weighted by Crippen LogP contribution is 2.33. The zero-order valence-electron chi connectivity index (χ0n) is 12.3. The summed E-state index contributed by atoms with van der Waals surface area (Å²) >= 11 is 7.08. The Morgan fingerprint density at radius 2 is 2.32 bits per heavy atom. The zero-order chi connectivity index (χ0) is 15.7. The summed E-state index contributed by atoms with van der Waals surface area (Å²) in [4.78, 5) is 18.2. The van der Waals surface area contributed by atoms with E-state index in [1.807, 2.05) is 12.3 Å². The van der Waals surface area contributed by atoms with E-state index in [0.29, 0.717) is 18.8 Å². The van der Waals surface area contributed by atoms with Crippen molar-refractivity contribution in [3.63, 3.8) is 0 Å². The molecule has 1 saturated heterocycles. The summed E-state index contributed by atoms with van der Waals surface area (Å²) in [5.41, 5.74) is 1.39. The topological polar surface area (TPSA) is 38.1 Å². The van der Waals surface area contributed by atoms with Crippen LogP contribution in [-0.2, 0) is 6.54 Å². The molecule has 0 amide bonds. The summed E-state index contributed by atoms with van der Waals surface area (Å²) in [7, 11) is 0. The summed E-state index contributed by atoms with van der Waals surface area (Å²) in [5, 5.41) is 1.98. The molecule has 1 atom stereocenters. The van der Waals surface area contributed by atoms with Crippen LogP contribution in [0.2, 0.25) is 5.02 Å². The van der Waals surface area contributed by atoms with Gasteiger partial charge in [0.1, 0.15) is 0 Å². The second-order valence-electron chi connectivity index (χ2n) is 5.48. The summed E-state index contributed by atoms with van der Waals surface area (Å²) in [5.74, 6) is -0.426. The van der Waals surface area contributed by atoms with E-state index in [1.165, 1.54) is 17.4 Å². The Bertz CT molecular complexity index is 730. The number of aryl methyl sites for hydroxylation is 1. The SMILES string of the molecule is Cc1csc(=O)n1CCN1CCCC1c1nccc(Cl)c1F. The molecule has 0 N–H and O–H groups in total. The third kappa shape index (κ3) is 2.95. The standard InChI is InChI=1S/C15H17ClFN3OS/c1-10-9-22-15(21)20(10)8-7-19-6-2-3-12(19)14-13(17)11(16)4-5-18-14/h4-5,9,12H,2-3,6-8H2,1H3. The predicted octanol–water partition coefficient (Wildman–Crippen LogP) is 3.24. The predicted molar refractivity (Wildman–Crippen MR) is 86.1 cm³/mol. The fraction of sp³-hybridized carbons (Fsp3) is 0.467. The minimum Gasteiger partial charge on any atom is -0.302 e. The molecule has 0 aromatic carbocycles. The maximum atomic E-state index is 14.2. The average molecular weight is 342 g/mol. The highest BCUT2D eigenvalue weighted by atomic mass is 35.5. The van der Waals surface area contributed by atoms with Crippen LogP contribution in [-0.4, -0.2) is 27.5 Å². The maximum absolute atomic E-state index is 14.2. The molecule has 0 aliphatic carbocycles. The van der Waals surface area contributed by atoms with Crippen LogP contribution in [0.25, 0.3) is 0 Å². The van der Waals surface area contributed by atoms with Gasteiger partial charge in [-0.1, -0.05) is 22.9 Å². The van der Waals surface area contributed by atoms with Gasteiger partial charge in [-0.2, -0.15) is 0 Å². The van der Waals surface area contributed by atoms with Crippen LogP contribution >= 0.6 is 22.9 Å². The first-order valence-electron chi connectivity index (χ1n) is 7.27. The second-order valence-corrected chi connectivity index (χ2v) is 6.71. The van der Waals surface area contributed by atoms with E-state index in [9.17, 15) is 9.18 Å². The second kappa shape index (κ2) is 6.48. The molecule has 1 aliphatic heterocycles. The molecule has 0 radical (unpaired) electrons. The van der Waals surface area contributed by atoms with Crippen LogP contribution in [0, 0.1) is 12.7 Å². The van der Waals surface area contributed by atoms with Gasteiger partial charge in [0.05, 0.1) is 16.8 Å². The number of hydrogen-bond acceptors (Lipinski definition) is 4. The smallest absolute Gasteiger partial charge is 0.302 e. The van der Waals surface area contributed by atoms with Crippen LogP contribution in [0.4, 0.5) is 4.39 Å². The molecular formula is C15H17ClFN3OS. The molecule has 3 heterocycles. The average Bonchev–Trinajstić information content (AvgIpc) is 3.08. The van der Waals surface area contributed by atoms with Gasteiger partial charge in [-0.15, -0.1) is 0 Å². The zero-order valence-corrected chi connectivity index (χ0v) is 13.8. The first-order chi connectivity index (χ1) is 10.6. The van der Waals surface area contributed by atoms with Gasteiger partial charge in [-0.25, -0.2) is 4.39 Å². The molecule has 2 aromatic heterocycles. The van der Waals surface area contributed by atoms with Crippen molar-refractivity contribution in [2.45, 2.75) is 32.4 Å². The summed E-state index contributed by atoms with van der Waals surface area (Å²) in [6, 6.07) is 1.40. The van der Waals surface area contributed by atoms with Crippen molar-refractivity contribution in [1.82, 2.24) is 14.5 Å². The van der Waals surface area contributed by atoms with Crippen molar-refractivity contribution >= 4 is 22.9 Å². The first-order valence-corrected chi connectivity index (χ1v) is 8.52. The monoisotopic (exact) mass is 341 g/mol. The summed E-state index contributed by atoms with van der Waals surface area (Å²) < 4.78 is 16.0. The summed E-state index contributed by atoms with van der Waals surface area (Å²) in [6.07, 6.45) is 3.41. The minimum atomic E-state index is -0.426. The molecule has 0 saturated carbocycles. The van der Waals surface area contributed by atoms with Crippen LogP contribution in [0.15, 0.2) is 22.4 Å². The van der Waals surface area contributed by atoms with Gasteiger partial charge < -0.3 is 4.57 Å². The fourth-order valence-electron chi connectivity index (χ4n) is 2.97. The van der Waals surface area contributed by atoms with Gasteiger partial charge in [0.25, 0.3) is 0 Å². The van der Waals surface area contributed by atoms with E-state index in [1.54, 1.807) is 10.8 Å². The van der Waals surface area contributed by atoms with E-state index in [2.05, 4.69) is 9.88 Å². The Labute approximate surface area is 137 Å². The number of halogens is 2. The number of likely N-dealkylation sites (tertiary alicyclic amines) is 1. The minimum absolute atomic E-state index is 0.0558. The van der Waals surface area contributed by atoms with Gasteiger partial charge in [-0.05, 0) is 32.4 Å². The molecule has 1 fully saturated rings. The number of rotatable bonds is 4. The Morgan fingerprint density at radius 3 is 3.05 bits per heavy atom. The molecule has 1 unspecified atom stereocenters. The lowest BCUT2D eigenvalue weighted by molar-refractivity contribution is 0.237. The highest BCUT2D eigenvalue weighted by molar-refractivity contribution is 7.07. The Kier molecular flexibility index (Phi) is 4.61. The largest absolute Gasteiger partial charge is 0.307 e. The molecular weight excluding hydrogens is 325 g/mol. The van der Waals surface area contributed by atoms with Crippen molar-refractivity contribution in [3.05, 3.63) is 49.5 Å². The molecule has 0 bridgehead atoms. The lowest BCUT2D eigenvalue weighted by Crippen LogP contribution is -2.30. The van der Waals surface area contributed by atoms with E-state index in [-0.39, 0.29) is 15.9 Å². The highest BCUT2D eigenvalue weighted by Gasteiger charge is 2.29. The molecule has 7 heteroatoms. The van der Waals surface area contributed by atoms with Crippen LogP contribution < -0.4 is 4.87 Å². The number of thiazole rings is 1. The third-order valence-electron chi connectivity index (χ3n) is 4.14. The van der Waals surface area contributed by atoms with Crippen molar-refractivity contribution in [1.29, 1.82) is 0 Å². The molecule has 22 heavy (non-hydrogen) atoms. The first kappa shape index (κ1) is 15.6. The van der Waals surface area contributed by atoms with Crippen molar-refractivity contribution < 1.29 is 4.39 Å². The van der Waals surface area contributed by atoms with Crippen molar-refractivity contribution in [2.75, 3.05) is 13.1 Å². The van der Waals surface area contributed by atoms with Crippen LogP contribution in [0.3, 0.4) is 0 Å². The van der Waals surface area contributed by atoms with Crippen molar-refractivity contribution in [2.24, 2.45) is 0 Å². The molecule has 0 spiro atoms. The number of aromatic nitrogens is 2. The number of pyridine rings is 1. The molecule has 4 nitrogen and oxygen atoms in total. The van der Waals surface area contributed by atoms with E-state index >= 15 is 0 Å². The lowest BCUT2D eigenvalue weighted by Gasteiger charge is -2.24. The number of hydrogen-bond donors (Lipinski definition) is 0. The molecule has 2 aromatic rings. The van der Waals surface area contributed by atoms with Gasteiger partial charge in [-0.3, -0.25) is 14.7 Å². The molecule has 3 rings (SSSR count). The Hall–Kier alpha value is -1.24. The van der Waals surface area contributed by atoms with Gasteiger partial charge in [0.2, 0.25) is 0 Å². The van der Waals surface area contributed by atoms with Crippen LogP contribution in [0.5, 0.6) is 0 Å². The Balaban J connectivity index is 1.76. The lowest BCUT2D eigenvalue weighted by atomic mass is 10.1. The van der Waals surface area contributed by atoms with E-state index < -0.39 is 5.82 Å². The maximum Gasteiger partial charge on any atom is 0.307 e. The fourth-order valence-corrected chi connectivity index (χ4v) is 3.89. The normalized spacial score (nSPS) is 19.0. The van der Waals surface area contributed by atoms with Gasteiger partial charge in [0, 0.05) is 30.4 Å². The quantitative estimate of drug-likeness (QED) is 0.856. The van der Waals surface area contributed by atoms with E-state index in [0.717, 1.165) is 25.1 Å². The van der Waals surface area contributed by atoms with Gasteiger partial charge in [0.15, 0.2) is 5.82 Å². The van der Waals surface area contributed by atoms with Gasteiger partial charge >= 0.3 is 4.87 Å². The van der Waals surface area contributed by atoms with E-state index in [4.69, 9.17) is 11.6 Å². The molecule has 1 aliphatic rings. The Morgan fingerprint density at radius 1 is 1.50 bits per heavy atom. The number of nitrogens with zero attached hydrogens (tertiary/aromatic N) is 3. The summed E-state index contributed by atoms with van der Waals surface area (Å²) in [6.45, 7) is 4.14. The van der Waals surface area contributed by atoms with Crippen LogP contribution in [0.1, 0.15) is 30.3 Å². The third-order valence-corrected chi connectivity index (χ3v) is 5.31. The molecule has 118 valence electrons. The van der Waals surface area contributed by atoms with Crippen molar-refractivity contribution in [3.8, 4) is 0 Å².